The van der Waals surface area contributed by atoms with Gasteiger partial charge < -0.3 is 15.8 Å². The Morgan fingerprint density at radius 2 is 2.04 bits per heavy atom. The van der Waals surface area contributed by atoms with Gasteiger partial charge >= 0.3 is 0 Å². The van der Waals surface area contributed by atoms with Crippen molar-refractivity contribution in [3.63, 3.8) is 0 Å². The fourth-order valence-electron chi connectivity index (χ4n) is 2.61. The first-order valence-corrected chi connectivity index (χ1v) is 7.93. The molecule has 0 fully saturated rings. The van der Waals surface area contributed by atoms with E-state index in [0.29, 0.717) is 16.4 Å². The molecule has 0 atom stereocenters. The third kappa shape index (κ3) is 2.73. The standard InChI is InChI=1S/C17H17N3O2S/c1-9-8-12-15(23-17(18)19-12)10(2)14(9)20-16(21)11-6-4-5-7-13(11)22-3/h4-8H,1-3H3,(H2,18,19)(H,20,21). The van der Waals surface area contributed by atoms with Crippen LogP contribution in [-0.4, -0.2) is 18.0 Å². The molecule has 23 heavy (non-hydrogen) atoms. The maximum atomic E-state index is 12.6. The molecule has 3 aromatic rings. The molecule has 0 spiro atoms. The van der Waals surface area contributed by atoms with Gasteiger partial charge in [-0.15, -0.1) is 0 Å². The molecule has 0 unspecified atom stereocenters. The molecule has 0 aliphatic carbocycles. The smallest absolute Gasteiger partial charge is 0.259 e. The second-order valence-electron chi connectivity index (χ2n) is 5.25. The van der Waals surface area contributed by atoms with Crippen molar-refractivity contribution in [2.75, 3.05) is 18.2 Å². The zero-order valence-electron chi connectivity index (χ0n) is 13.1. The Balaban J connectivity index is 2.02. The van der Waals surface area contributed by atoms with Gasteiger partial charge in [-0.3, -0.25) is 4.79 Å². The SMILES string of the molecule is COc1ccccc1C(=O)Nc1c(C)cc2nc(N)sc2c1C. The number of benzene rings is 2. The lowest BCUT2D eigenvalue weighted by atomic mass is 10.1. The Morgan fingerprint density at radius 1 is 1.30 bits per heavy atom. The van der Waals surface area contributed by atoms with E-state index >= 15 is 0 Å². The molecule has 118 valence electrons. The van der Waals surface area contributed by atoms with Crippen LogP contribution in [-0.2, 0) is 0 Å². The summed E-state index contributed by atoms with van der Waals surface area (Å²) >= 11 is 1.42. The molecular formula is C17H17N3O2S. The molecule has 0 saturated heterocycles. The predicted octanol–water partition coefficient (Wildman–Crippen LogP) is 3.76. The summed E-state index contributed by atoms with van der Waals surface area (Å²) in [5, 5.41) is 3.51. The Morgan fingerprint density at radius 3 is 2.78 bits per heavy atom. The molecule has 0 radical (unpaired) electrons. The van der Waals surface area contributed by atoms with Crippen molar-refractivity contribution in [2.45, 2.75) is 13.8 Å². The van der Waals surface area contributed by atoms with Crippen molar-refractivity contribution >= 4 is 38.3 Å². The second kappa shape index (κ2) is 5.89. The fourth-order valence-corrected chi connectivity index (χ4v) is 3.43. The van der Waals surface area contributed by atoms with Crippen LogP contribution in [0, 0.1) is 13.8 Å². The lowest BCUT2D eigenvalue weighted by molar-refractivity contribution is 0.102. The summed E-state index contributed by atoms with van der Waals surface area (Å²) in [5.41, 5.74) is 9.86. The van der Waals surface area contributed by atoms with E-state index in [1.54, 1.807) is 19.2 Å². The van der Waals surface area contributed by atoms with E-state index in [2.05, 4.69) is 10.3 Å². The lowest BCUT2D eigenvalue weighted by Crippen LogP contribution is -2.14. The third-order valence-electron chi connectivity index (χ3n) is 3.72. The minimum absolute atomic E-state index is 0.203. The van der Waals surface area contributed by atoms with E-state index in [-0.39, 0.29) is 5.91 Å². The highest BCUT2D eigenvalue weighted by atomic mass is 32.1. The van der Waals surface area contributed by atoms with Gasteiger partial charge in [-0.05, 0) is 43.2 Å². The highest BCUT2D eigenvalue weighted by Gasteiger charge is 2.16. The second-order valence-corrected chi connectivity index (χ2v) is 6.28. The average molecular weight is 327 g/mol. The fraction of sp³-hybridized carbons (Fsp3) is 0.176. The minimum atomic E-state index is -0.203. The quantitative estimate of drug-likeness (QED) is 0.768. The topological polar surface area (TPSA) is 77.2 Å². The number of nitrogens with zero attached hydrogens (tertiary/aromatic N) is 1. The van der Waals surface area contributed by atoms with Gasteiger partial charge in [0.2, 0.25) is 0 Å². The molecule has 3 rings (SSSR count). The molecule has 0 aliphatic rings. The van der Waals surface area contributed by atoms with Crippen LogP contribution in [0.2, 0.25) is 0 Å². The number of amides is 1. The minimum Gasteiger partial charge on any atom is -0.496 e. The number of nitrogens with two attached hydrogens (primary N) is 1. The Hall–Kier alpha value is -2.60. The monoisotopic (exact) mass is 327 g/mol. The van der Waals surface area contributed by atoms with E-state index < -0.39 is 0 Å². The number of hydrogen-bond donors (Lipinski definition) is 2. The Labute approximate surface area is 138 Å². The summed E-state index contributed by atoms with van der Waals surface area (Å²) in [6.07, 6.45) is 0. The molecule has 0 aliphatic heterocycles. The maximum Gasteiger partial charge on any atom is 0.259 e. The lowest BCUT2D eigenvalue weighted by Gasteiger charge is -2.13. The summed E-state index contributed by atoms with van der Waals surface area (Å²) in [5.74, 6) is 0.342. The van der Waals surface area contributed by atoms with Gasteiger partial charge in [0.15, 0.2) is 5.13 Å². The van der Waals surface area contributed by atoms with Crippen LogP contribution in [0.5, 0.6) is 5.75 Å². The number of fused-ring (bicyclic) bond motifs is 1. The van der Waals surface area contributed by atoms with Gasteiger partial charge in [0.05, 0.1) is 22.9 Å². The van der Waals surface area contributed by atoms with E-state index in [9.17, 15) is 4.79 Å². The molecule has 1 aromatic heterocycles. The molecule has 1 heterocycles. The van der Waals surface area contributed by atoms with Gasteiger partial charge in [0.25, 0.3) is 5.91 Å². The number of anilines is 2. The van der Waals surface area contributed by atoms with Crippen molar-refractivity contribution in [1.82, 2.24) is 4.98 Å². The van der Waals surface area contributed by atoms with Crippen LogP contribution in [0.1, 0.15) is 21.5 Å². The number of nitrogen functional groups attached to an aromatic ring is 1. The number of methoxy groups -OCH3 is 1. The van der Waals surface area contributed by atoms with Gasteiger partial charge in [-0.1, -0.05) is 23.5 Å². The zero-order valence-corrected chi connectivity index (χ0v) is 14.0. The number of para-hydroxylation sites is 1. The highest BCUT2D eigenvalue weighted by Crippen LogP contribution is 2.34. The van der Waals surface area contributed by atoms with Crippen molar-refractivity contribution in [2.24, 2.45) is 0 Å². The number of carbonyl (C=O) groups is 1. The number of carbonyl (C=O) groups excluding carboxylic acids is 1. The Kier molecular flexibility index (Phi) is 3.92. The summed E-state index contributed by atoms with van der Waals surface area (Å²) in [4.78, 5) is 16.9. The summed E-state index contributed by atoms with van der Waals surface area (Å²) < 4.78 is 6.24. The van der Waals surface area contributed by atoms with Crippen LogP contribution < -0.4 is 15.8 Å². The van der Waals surface area contributed by atoms with E-state index in [0.717, 1.165) is 27.0 Å². The first-order chi connectivity index (χ1) is 11.0. The van der Waals surface area contributed by atoms with Gasteiger partial charge in [-0.2, -0.15) is 0 Å². The largest absolute Gasteiger partial charge is 0.496 e. The molecule has 5 nitrogen and oxygen atoms in total. The van der Waals surface area contributed by atoms with Crippen LogP contribution >= 0.6 is 11.3 Å². The normalized spacial score (nSPS) is 10.7. The van der Waals surface area contributed by atoms with Crippen LogP contribution in [0.15, 0.2) is 30.3 Å². The summed E-state index contributed by atoms with van der Waals surface area (Å²) in [6.45, 7) is 3.91. The van der Waals surface area contributed by atoms with E-state index in [4.69, 9.17) is 10.5 Å². The van der Waals surface area contributed by atoms with Gasteiger partial charge in [0.1, 0.15) is 5.75 Å². The van der Waals surface area contributed by atoms with Gasteiger partial charge in [-0.25, -0.2) is 4.98 Å². The number of thiazole rings is 1. The number of rotatable bonds is 3. The molecule has 0 bridgehead atoms. The van der Waals surface area contributed by atoms with Crippen molar-refractivity contribution in [3.8, 4) is 5.75 Å². The first-order valence-electron chi connectivity index (χ1n) is 7.12. The summed E-state index contributed by atoms with van der Waals surface area (Å²) in [7, 11) is 1.55. The number of nitrogens with one attached hydrogen (secondary N) is 1. The molecule has 3 N–H and O–H groups in total. The predicted molar refractivity (Wildman–Crippen MR) is 94.5 cm³/mol. The molecule has 1 amide bonds. The maximum absolute atomic E-state index is 12.6. The Bertz CT molecular complexity index is 902. The molecular weight excluding hydrogens is 310 g/mol. The molecule has 0 saturated carbocycles. The van der Waals surface area contributed by atoms with Crippen molar-refractivity contribution in [1.29, 1.82) is 0 Å². The van der Waals surface area contributed by atoms with E-state index in [1.165, 1.54) is 11.3 Å². The van der Waals surface area contributed by atoms with Gasteiger partial charge in [0, 0.05) is 5.69 Å². The highest BCUT2D eigenvalue weighted by molar-refractivity contribution is 7.22. The average Bonchev–Trinajstić information content (AvgIpc) is 2.91. The van der Waals surface area contributed by atoms with Crippen molar-refractivity contribution in [3.05, 3.63) is 47.0 Å². The molecule has 6 heteroatoms. The van der Waals surface area contributed by atoms with Crippen molar-refractivity contribution < 1.29 is 9.53 Å². The summed E-state index contributed by atoms with van der Waals surface area (Å²) in [6, 6.07) is 9.08. The molecule has 2 aromatic carbocycles. The van der Waals surface area contributed by atoms with Crippen LogP contribution in [0.4, 0.5) is 10.8 Å². The third-order valence-corrected chi connectivity index (χ3v) is 4.74. The number of aromatic nitrogens is 1. The first kappa shape index (κ1) is 15.3. The zero-order chi connectivity index (χ0) is 16.6. The number of aryl methyl sites for hydroxylation is 2. The van der Waals surface area contributed by atoms with Crippen LogP contribution in [0.3, 0.4) is 0 Å². The van der Waals surface area contributed by atoms with Crippen LogP contribution in [0.25, 0.3) is 10.2 Å². The number of hydrogen-bond acceptors (Lipinski definition) is 5. The van der Waals surface area contributed by atoms with E-state index in [1.807, 2.05) is 32.0 Å². The number of ether oxygens (including phenoxy) is 1.